The summed E-state index contributed by atoms with van der Waals surface area (Å²) >= 11 is 0. The average Bonchev–Trinajstić information content (AvgIpc) is 2.28. The standard InChI is InChI=1S/C13H23N3/c1-5-6-10(2)16(4)13-8-7-12(9-14)11(3)15-13/h7-8,10H,5-6,9,14H2,1-4H3. The quantitative estimate of drug-likeness (QED) is 0.830. The normalized spacial score (nSPS) is 12.6. The van der Waals surface area contributed by atoms with Crippen molar-refractivity contribution in [2.75, 3.05) is 11.9 Å². The first-order valence-electron chi connectivity index (χ1n) is 5.99. The first kappa shape index (κ1) is 13.0. The van der Waals surface area contributed by atoms with Gasteiger partial charge in [0.1, 0.15) is 5.82 Å². The first-order chi connectivity index (χ1) is 7.60. The molecule has 0 bridgehead atoms. The number of pyridine rings is 1. The Hall–Kier alpha value is -1.09. The van der Waals surface area contributed by atoms with Crippen LogP contribution in [-0.2, 0) is 6.54 Å². The van der Waals surface area contributed by atoms with E-state index in [1.807, 2.05) is 6.92 Å². The van der Waals surface area contributed by atoms with Gasteiger partial charge in [-0.15, -0.1) is 0 Å². The van der Waals surface area contributed by atoms with Crippen LogP contribution in [0.5, 0.6) is 0 Å². The van der Waals surface area contributed by atoms with Gasteiger partial charge in [-0.05, 0) is 31.9 Å². The number of rotatable bonds is 5. The smallest absolute Gasteiger partial charge is 0.128 e. The van der Waals surface area contributed by atoms with Crippen LogP contribution < -0.4 is 10.6 Å². The Morgan fingerprint density at radius 2 is 2.12 bits per heavy atom. The molecular formula is C13H23N3. The molecule has 16 heavy (non-hydrogen) atoms. The molecule has 0 spiro atoms. The van der Waals surface area contributed by atoms with Gasteiger partial charge in [-0.25, -0.2) is 4.98 Å². The second kappa shape index (κ2) is 5.85. The van der Waals surface area contributed by atoms with Crippen LogP contribution in [0, 0.1) is 6.92 Å². The second-order valence-corrected chi connectivity index (χ2v) is 4.37. The zero-order chi connectivity index (χ0) is 12.1. The minimum atomic E-state index is 0.528. The third kappa shape index (κ3) is 2.95. The maximum Gasteiger partial charge on any atom is 0.128 e. The van der Waals surface area contributed by atoms with Crippen LogP contribution in [0.1, 0.15) is 37.9 Å². The molecule has 1 unspecified atom stereocenters. The third-order valence-electron chi connectivity index (χ3n) is 3.13. The van der Waals surface area contributed by atoms with Gasteiger partial charge in [-0.1, -0.05) is 19.4 Å². The van der Waals surface area contributed by atoms with Crippen molar-refractivity contribution in [1.29, 1.82) is 0 Å². The van der Waals surface area contributed by atoms with Gasteiger partial charge in [0.05, 0.1) is 0 Å². The molecule has 0 radical (unpaired) electrons. The number of aryl methyl sites for hydroxylation is 1. The van der Waals surface area contributed by atoms with E-state index < -0.39 is 0 Å². The average molecular weight is 221 g/mol. The summed E-state index contributed by atoms with van der Waals surface area (Å²) in [6.45, 7) is 7.02. The van der Waals surface area contributed by atoms with Gasteiger partial charge in [0, 0.05) is 25.3 Å². The zero-order valence-electron chi connectivity index (χ0n) is 10.8. The van der Waals surface area contributed by atoms with Crippen molar-refractivity contribution in [1.82, 2.24) is 4.98 Å². The maximum atomic E-state index is 5.63. The van der Waals surface area contributed by atoms with E-state index in [1.165, 1.54) is 12.8 Å². The maximum absolute atomic E-state index is 5.63. The van der Waals surface area contributed by atoms with E-state index >= 15 is 0 Å². The van der Waals surface area contributed by atoms with Crippen LogP contribution in [-0.4, -0.2) is 18.1 Å². The summed E-state index contributed by atoms with van der Waals surface area (Å²) in [6, 6.07) is 4.66. The fourth-order valence-electron chi connectivity index (χ4n) is 1.83. The highest BCUT2D eigenvalue weighted by Crippen LogP contribution is 2.17. The minimum absolute atomic E-state index is 0.528. The molecule has 0 saturated heterocycles. The van der Waals surface area contributed by atoms with Crippen molar-refractivity contribution in [3.05, 3.63) is 23.4 Å². The fourth-order valence-corrected chi connectivity index (χ4v) is 1.83. The zero-order valence-corrected chi connectivity index (χ0v) is 10.8. The van der Waals surface area contributed by atoms with Gasteiger partial charge in [-0.3, -0.25) is 0 Å². The van der Waals surface area contributed by atoms with Crippen LogP contribution in [0.25, 0.3) is 0 Å². The summed E-state index contributed by atoms with van der Waals surface area (Å²) in [7, 11) is 2.10. The van der Waals surface area contributed by atoms with E-state index in [-0.39, 0.29) is 0 Å². The Kier molecular flexibility index (Phi) is 4.74. The van der Waals surface area contributed by atoms with E-state index in [2.05, 4.69) is 42.9 Å². The lowest BCUT2D eigenvalue weighted by molar-refractivity contribution is 0.610. The molecule has 0 fully saturated rings. The van der Waals surface area contributed by atoms with Gasteiger partial charge in [0.2, 0.25) is 0 Å². The SMILES string of the molecule is CCCC(C)N(C)c1ccc(CN)c(C)n1. The summed E-state index contributed by atoms with van der Waals surface area (Å²) in [5.74, 6) is 1.04. The number of anilines is 1. The van der Waals surface area contributed by atoms with E-state index in [0.29, 0.717) is 12.6 Å². The Labute approximate surface area is 98.7 Å². The van der Waals surface area contributed by atoms with Gasteiger partial charge >= 0.3 is 0 Å². The largest absolute Gasteiger partial charge is 0.357 e. The fraction of sp³-hybridized carbons (Fsp3) is 0.615. The van der Waals surface area contributed by atoms with Gasteiger partial charge in [0.25, 0.3) is 0 Å². The van der Waals surface area contributed by atoms with E-state index in [0.717, 1.165) is 17.1 Å². The molecule has 1 atom stereocenters. The van der Waals surface area contributed by atoms with Gasteiger partial charge in [0.15, 0.2) is 0 Å². The minimum Gasteiger partial charge on any atom is -0.357 e. The number of hydrogen-bond acceptors (Lipinski definition) is 3. The highest BCUT2D eigenvalue weighted by Gasteiger charge is 2.11. The van der Waals surface area contributed by atoms with Crippen molar-refractivity contribution >= 4 is 5.82 Å². The molecule has 90 valence electrons. The van der Waals surface area contributed by atoms with Crippen LogP contribution in [0.4, 0.5) is 5.82 Å². The topological polar surface area (TPSA) is 42.1 Å². The summed E-state index contributed by atoms with van der Waals surface area (Å²) in [5.41, 5.74) is 7.79. The Morgan fingerprint density at radius 1 is 1.44 bits per heavy atom. The molecule has 1 rings (SSSR count). The summed E-state index contributed by atoms with van der Waals surface area (Å²) in [5, 5.41) is 0. The molecule has 1 aromatic heterocycles. The molecule has 1 heterocycles. The number of nitrogens with two attached hydrogens (primary N) is 1. The molecule has 1 aromatic rings. The van der Waals surface area contributed by atoms with Crippen molar-refractivity contribution < 1.29 is 0 Å². The molecule has 0 aliphatic rings. The highest BCUT2D eigenvalue weighted by molar-refractivity contribution is 5.41. The molecule has 0 aromatic carbocycles. The molecule has 3 heteroatoms. The lowest BCUT2D eigenvalue weighted by atomic mass is 10.1. The van der Waals surface area contributed by atoms with Crippen molar-refractivity contribution in [3.8, 4) is 0 Å². The number of hydrogen-bond donors (Lipinski definition) is 1. The molecule has 0 amide bonds. The second-order valence-electron chi connectivity index (χ2n) is 4.37. The van der Waals surface area contributed by atoms with E-state index in [4.69, 9.17) is 5.73 Å². The van der Waals surface area contributed by atoms with Crippen molar-refractivity contribution in [3.63, 3.8) is 0 Å². The predicted octanol–water partition coefficient (Wildman–Crippen LogP) is 2.47. The van der Waals surface area contributed by atoms with Crippen LogP contribution >= 0.6 is 0 Å². The lowest BCUT2D eigenvalue weighted by Crippen LogP contribution is -2.29. The lowest BCUT2D eigenvalue weighted by Gasteiger charge is -2.26. The number of nitrogens with zero attached hydrogens (tertiary/aromatic N) is 2. The molecule has 2 N–H and O–H groups in total. The van der Waals surface area contributed by atoms with Crippen LogP contribution in [0.3, 0.4) is 0 Å². The Morgan fingerprint density at radius 3 is 2.62 bits per heavy atom. The Bertz CT molecular complexity index is 336. The Balaban J connectivity index is 2.84. The molecule has 0 saturated carbocycles. The van der Waals surface area contributed by atoms with E-state index in [9.17, 15) is 0 Å². The van der Waals surface area contributed by atoms with Crippen LogP contribution in [0.15, 0.2) is 12.1 Å². The summed E-state index contributed by atoms with van der Waals surface area (Å²) in [6.07, 6.45) is 2.39. The van der Waals surface area contributed by atoms with Crippen LogP contribution in [0.2, 0.25) is 0 Å². The number of aromatic nitrogens is 1. The molecule has 0 aliphatic carbocycles. The molecule has 3 nitrogen and oxygen atoms in total. The summed E-state index contributed by atoms with van der Waals surface area (Å²) < 4.78 is 0. The monoisotopic (exact) mass is 221 g/mol. The molecule has 0 aliphatic heterocycles. The highest BCUT2D eigenvalue weighted by atomic mass is 15.2. The van der Waals surface area contributed by atoms with Crippen molar-refractivity contribution in [2.24, 2.45) is 5.73 Å². The first-order valence-corrected chi connectivity index (χ1v) is 5.99. The molecular weight excluding hydrogens is 198 g/mol. The predicted molar refractivity (Wildman–Crippen MR) is 69.6 cm³/mol. The van der Waals surface area contributed by atoms with Gasteiger partial charge < -0.3 is 10.6 Å². The van der Waals surface area contributed by atoms with Crippen molar-refractivity contribution in [2.45, 2.75) is 46.2 Å². The van der Waals surface area contributed by atoms with E-state index in [1.54, 1.807) is 0 Å². The van der Waals surface area contributed by atoms with Gasteiger partial charge in [-0.2, -0.15) is 0 Å². The third-order valence-corrected chi connectivity index (χ3v) is 3.13. The summed E-state index contributed by atoms with van der Waals surface area (Å²) in [4.78, 5) is 6.83.